The van der Waals surface area contributed by atoms with Crippen LogP contribution in [0.4, 0.5) is 5.82 Å². The molecule has 7 heteroatoms. The summed E-state index contributed by atoms with van der Waals surface area (Å²) in [6.45, 7) is 8.54. The fourth-order valence-electron chi connectivity index (χ4n) is 3.25. The molecule has 2 aromatic heterocycles. The van der Waals surface area contributed by atoms with Crippen molar-refractivity contribution >= 4 is 11.7 Å². The molecule has 1 amide bonds. The molecular formula is C18H28N6O. The molecule has 1 N–H and O–H groups in total. The zero-order valence-corrected chi connectivity index (χ0v) is 15.6. The summed E-state index contributed by atoms with van der Waals surface area (Å²) in [7, 11) is 1.86. The van der Waals surface area contributed by atoms with Crippen molar-refractivity contribution in [3.05, 3.63) is 30.2 Å². The molecule has 0 bridgehead atoms. The van der Waals surface area contributed by atoms with Crippen molar-refractivity contribution in [3.8, 4) is 0 Å². The third-order valence-corrected chi connectivity index (χ3v) is 4.72. The molecule has 1 unspecified atom stereocenters. The molecule has 136 valence electrons. The summed E-state index contributed by atoms with van der Waals surface area (Å²) in [6.07, 6.45) is 5.99. The number of anilines is 1. The van der Waals surface area contributed by atoms with Gasteiger partial charge in [0, 0.05) is 37.0 Å². The van der Waals surface area contributed by atoms with E-state index in [1.54, 1.807) is 10.9 Å². The highest BCUT2D eigenvalue weighted by atomic mass is 16.2. The van der Waals surface area contributed by atoms with E-state index in [9.17, 15) is 4.79 Å². The van der Waals surface area contributed by atoms with Crippen LogP contribution in [0.2, 0.25) is 0 Å². The zero-order chi connectivity index (χ0) is 18.0. The van der Waals surface area contributed by atoms with Crippen LogP contribution in [0, 0.1) is 0 Å². The van der Waals surface area contributed by atoms with Gasteiger partial charge in [-0.1, -0.05) is 20.8 Å². The minimum atomic E-state index is -0.0372. The molecule has 3 rings (SSSR count). The Morgan fingerprint density at radius 2 is 2.20 bits per heavy atom. The molecule has 1 saturated heterocycles. The monoisotopic (exact) mass is 344 g/mol. The Bertz CT molecular complexity index is 713. The van der Waals surface area contributed by atoms with Crippen LogP contribution in [-0.2, 0) is 23.8 Å². The van der Waals surface area contributed by atoms with Crippen molar-refractivity contribution in [2.24, 2.45) is 7.05 Å². The van der Waals surface area contributed by atoms with Crippen molar-refractivity contribution in [3.63, 3.8) is 0 Å². The summed E-state index contributed by atoms with van der Waals surface area (Å²) < 4.78 is 3.68. The van der Waals surface area contributed by atoms with Gasteiger partial charge in [-0.25, -0.2) is 0 Å². The number of likely N-dealkylation sites (tertiary alicyclic amines) is 1. The maximum atomic E-state index is 12.5. The van der Waals surface area contributed by atoms with Gasteiger partial charge >= 0.3 is 0 Å². The van der Waals surface area contributed by atoms with Gasteiger partial charge in [-0.3, -0.25) is 19.1 Å². The first kappa shape index (κ1) is 17.7. The van der Waals surface area contributed by atoms with E-state index in [2.05, 4.69) is 41.2 Å². The van der Waals surface area contributed by atoms with Crippen molar-refractivity contribution < 1.29 is 4.79 Å². The Morgan fingerprint density at radius 1 is 1.40 bits per heavy atom. The van der Waals surface area contributed by atoms with Gasteiger partial charge in [0.2, 0.25) is 5.91 Å². The fraction of sp³-hybridized carbons (Fsp3) is 0.611. The van der Waals surface area contributed by atoms with Crippen LogP contribution in [0.3, 0.4) is 0 Å². The number of aryl methyl sites for hydroxylation is 1. The quantitative estimate of drug-likeness (QED) is 0.901. The molecule has 1 aliphatic rings. The van der Waals surface area contributed by atoms with E-state index >= 15 is 0 Å². The lowest BCUT2D eigenvalue weighted by Crippen LogP contribution is -2.39. The standard InChI is InChI=1S/C18H28N6O/c1-18(2,3)15-11-16(22(4)21-15)20-17(25)13-23-9-5-7-14(23)12-24-10-6-8-19-24/h6,8,10-11,14H,5,7,9,12-13H2,1-4H3,(H,20,25). The van der Waals surface area contributed by atoms with E-state index < -0.39 is 0 Å². The van der Waals surface area contributed by atoms with Gasteiger partial charge in [0.1, 0.15) is 5.82 Å². The van der Waals surface area contributed by atoms with Gasteiger partial charge in [-0.2, -0.15) is 10.2 Å². The predicted molar refractivity (Wildman–Crippen MR) is 97.4 cm³/mol. The Morgan fingerprint density at radius 3 is 2.84 bits per heavy atom. The molecule has 1 fully saturated rings. The minimum Gasteiger partial charge on any atom is -0.310 e. The number of amides is 1. The van der Waals surface area contributed by atoms with Gasteiger partial charge in [0.05, 0.1) is 18.8 Å². The second-order valence-corrected chi connectivity index (χ2v) is 7.83. The summed E-state index contributed by atoms with van der Waals surface area (Å²) in [5.74, 6) is 0.758. The Balaban J connectivity index is 1.59. The van der Waals surface area contributed by atoms with E-state index in [-0.39, 0.29) is 11.3 Å². The molecule has 3 heterocycles. The summed E-state index contributed by atoms with van der Waals surface area (Å²) in [5.41, 5.74) is 0.938. The van der Waals surface area contributed by atoms with Crippen LogP contribution < -0.4 is 5.32 Å². The topological polar surface area (TPSA) is 68.0 Å². The third kappa shape index (κ3) is 4.28. The SMILES string of the molecule is Cn1nc(C(C)(C)C)cc1NC(=O)CN1CCCC1Cn1cccn1. The predicted octanol–water partition coefficient (Wildman–Crippen LogP) is 2.02. The zero-order valence-electron chi connectivity index (χ0n) is 15.6. The molecule has 25 heavy (non-hydrogen) atoms. The smallest absolute Gasteiger partial charge is 0.239 e. The van der Waals surface area contributed by atoms with Crippen LogP contribution in [-0.4, -0.2) is 49.5 Å². The average molecular weight is 344 g/mol. The summed E-state index contributed by atoms with van der Waals surface area (Å²) in [4.78, 5) is 14.8. The molecule has 0 aromatic carbocycles. The van der Waals surface area contributed by atoms with Crippen LogP contribution in [0.15, 0.2) is 24.5 Å². The second-order valence-electron chi connectivity index (χ2n) is 7.83. The van der Waals surface area contributed by atoms with E-state index in [4.69, 9.17) is 0 Å². The second kappa shape index (κ2) is 7.00. The molecule has 1 aliphatic heterocycles. The van der Waals surface area contributed by atoms with Crippen molar-refractivity contribution in [1.29, 1.82) is 0 Å². The molecule has 1 atom stereocenters. The van der Waals surface area contributed by atoms with Crippen LogP contribution in [0.25, 0.3) is 0 Å². The lowest BCUT2D eigenvalue weighted by atomic mass is 9.92. The third-order valence-electron chi connectivity index (χ3n) is 4.72. The highest BCUT2D eigenvalue weighted by Gasteiger charge is 2.27. The summed E-state index contributed by atoms with van der Waals surface area (Å²) in [5, 5.41) is 11.8. The van der Waals surface area contributed by atoms with Crippen molar-refractivity contribution in [2.75, 3.05) is 18.4 Å². The molecule has 0 saturated carbocycles. The first-order valence-electron chi connectivity index (χ1n) is 8.89. The van der Waals surface area contributed by atoms with E-state index in [0.29, 0.717) is 12.6 Å². The number of hydrogen-bond acceptors (Lipinski definition) is 4. The maximum absolute atomic E-state index is 12.5. The minimum absolute atomic E-state index is 0.0100. The Kier molecular flexibility index (Phi) is 4.94. The fourth-order valence-corrected chi connectivity index (χ4v) is 3.25. The van der Waals surface area contributed by atoms with Crippen LogP contribution >= 0.6 is 0 Å². The molecule has 0 aliphatic carbocycles. The van der Waals surface area contributed by atoms with Crippen molar-refractivity contribution in [2.45, 2.75) is 51.6 Å². The van der Waals surface area contributed by atoms with E-state index in [1.165, 1.54) is 0 Å². The lowest BCUT2D eigenvalue weighted by molar-refractivity contribution is -0.117. The Labute approximate surface area is 149 Å². The maximum Gasteiger partial charge on any atom is 0.239 e. The normalized spacial score (nSPS) is 18.6. The average Bonchev–Trinajstić information content (AvgIpc) is 3.23. The highest BCUT2D eigenvalue weighted by molar-refractivity contribution is 5.91. The lowest BCUT2D eigenvalue weighted by Gasteiger charge is -2.23. The van der Waals surface area contributed by atoms with Gasteiger partial charge in [-0.05, 0) is 25.5 Å². The van der Waals surface area contributed by atoms with E-state index in [1.807, 2.05) is 30.1 Å². The van der Waals surface area contributed by atoms with Gasteiger partial charge in [0.25, 0.3) is 0 Å². The van der Waals surface area contributed by atoms with Gasteiger partial charge < -0.3 is 5.32 Å². The highest BCUT2D eigenvalue weighted by Crippen LogP contribution is 2.23. The Hall–Kier alpha value is -2.15. The summed E-state index contributed by atoms with van der Waals surface area (Å²) >= 11 is 0. The molecule has 2 aromatic rings. The molecular weight excluding hydrogens is 316 g/mol. The first-order chi connectivity index (χ1) is 11.8. The van der Waals surface area contributed by atoms with Crippen LogP contribution in [0.1, 0.15) is 39.3 Å². The van der Waals surface area contributed by atoms with E-state index in [0.717, 1.165) is 37.4 Å². The number of nitrogens with one attached hydrogen (secondary N) is 1. The van der Waals surface area contributed by atoms with Gasteiger partial charge in [0.15, 0.2) is 0 Å². The number of carbonyl (C=O) groups is 1. The number of aromatic nitrogens is 4. The largest absolute Gasteiger partial charge is 0.310 e. The van der Waals surface area contributed by atoms with Crippen molar-refractivity contribution in [1.82, 2.24) is 24.5 Å². The molecule has 0 radical (unpaired) electrons. The number of carbonyl (C=O) groups excluding carboxylic acids is 1. The number of nitrogens with zero attached hydrogens (tertiary/aromatic N) is 5. The van der Waals surface area contributed by atoms with Gasteiger partial charge in [-0.15, -0.1) is 0 Å². The molecule has 7 nitrogen and oxygen atoms in total. The number of rotatable bonds is 5. The first-order valence-corrected chi connectivity index (χ1v) is 8.89. The number of hydrogen-bond donors (Lipinski definition) is 1. The molecule has 0 spiro atoms. The summed E-state index contributed by atoms with van der Waals surface area (Å²) in [6, 6.07) is 4.26. The van der Waals surface area contributed by atoms with Crippen LogP contribution in [0.5, 0.6) is 0 Å².